The van der Waals surface area contributed by atoms with Crippen molar-refractivity contribution in [2.45, 2.75) is 90.9 Å². The van der Waals surface area contributed by atoms with Crippen molar-refractivity contribution in [2.24, 2.45) is 0 Å². The first kappa shape index (κ1) is 56.6. The lowest BCUT2D eigenvalue weighted by Gasteiger charge is -2.31. The molecule has 0 spiro atoms. The molecule has 0 radical (unpaired) electrons. The Bertz CT molecular complexity index is 5720. The van der Waals surface area contributed by atoms with Crippen molar-refractivity contribution in [3.8, 4) is 44.5 Å². The molecule has 13 aromatic carbocycles. The van der Waals surface area contributed by atoms with Crippen LogP contribution in [0, 0.1) is 0 Å². The Hall–Kier alpha value is -10.9. The van der Waals surface area contributed by atoms with E-state index in [9.17, 15) is 0 Å². The summed E-state index contributed by atoms with van der Waals surface area (Å²) in [6.45, 7) is 23.9. The molecular formula is C92H74N4. The van der Waals surface area contributed by atoms with Crippen LogP contribution < -0.4 is 9.80 Å². The van der Waals surface area contributed by atoms with Gasteiger partial charge in [-0.2, -0.15) is 0 Å². The highest BCUT2D eigenvalue weighted by Gasteiger charge is 2.41. The third kappa shape index (κ3) is 7.61. The van der Waals surface area contributed by atoms with Gasteiger partial charge < -0.3 is 18.6 Å². The highest BCUT2D eigenvalue weighted by Crippen LogP contribution is 2.60. The minimum atomic E-state index is -0.196. The maximum Gasteiger partial charge on any atom is 0.0641 e. The first-order valence-corrected chi connectivity index (χ1v) is 34.3. The van der Waals surface area contributed by atoms with E-state index in [0.29, 0.717) is 0 Å². The zero-order valence-electron chi connectivity index (χ0n) is 56.2. The molecule has 0 unspecified atom stereocenters. The molecule has 0 saturated carbocycles. The Morgan fingerprint density at radius 1 is 0.271 bits per heavy atom. The van der Waals surface area contributed by atoms with Crippen LogP contribution in [-0.4, -0.2) is 8.80 Å². The van der Waals surface area contributed by atoms with E-state index < -0.39 is 0 Å². The van der Waals surface area contributed by atoms with Crippen LogP contribution in [0.1, 0.15) is 103 Å². The second-order valence-corrected chi connectivity index (χ2v) is 30.4. The van der Waals surface area contributed by atoms with E-state index in [0.717, 1.165) is 22.7 Å². The Balaban J connectivity index is 0.940. The van der Waals surface area contributed by atoms with Crippen molar-refractivity contribution in [1.29, 1.82) is 0 Å². The van der Waals surface area contributed by atoms with Crippen molar-refractivity contribution in [1.82, 2.24) is 8.80 Å². The quantitative estimate of drug-likeness (QED) is 0.151. The van der Waals surface area contributed by atoms with Gasteiger partial charge in [0, 0.05) is 76.2 Å². The maximum atomic E-state index is 2.68. The molecule has 0 saturated heterocycles. The summed E-state index contributed by atoms with van der Waals surface area (Å²) in [5.41, 5.74) is 31.6. The number of hydrogen-bond donors (Lipinski definition) is 0. The van der Waals surface area contributed by atoms with Crippen molar-refractivity contribution < 1.29 is 0 Å². The Labute approximate surface area is 561 Å². The van der Waals surface area contributed by atoms with Gasteiger partial charge in [-0.15, -0.1) is 0 Å². The standard InChI is InChI=1S/C92H74N4/c1-89(2,3)71-43-25-37-63-83-77(93(73-45-23-19-33-57(73)55-29-13-11-14-30-55)75-47-27-41-69-81(75)61-35-17-21-39-67(61)91(69,7)8)51-49-59-65-54-80-66(53-79(65)95(85(63)71)87(59)83)60-50-52-78(84-64-38-26-44-72(90(4,5)6)86(64)96(80)88(60)84)94(74-46-24-20-34-58(74)56-31-15-12-16-32-56)76-48-28-42-70-82(76)62-36-18-22-40-68(62)92(70,9)10/h11-54H,1-10H3. The number of rotatable bonds is 8. The highest BCUT2D eigenvalue weighted by molar-refractivity contribution is 6.33. The average molecular weight is 1240 g/mol. The number of fused-ring (bicyclic) bond motifs is 18. The van der Waals surface area contributed by atoms with Gasteiger partial charge >= 0.3 is 0 Å². The van der Waals surface area contributed by atoms with Gasteiger partial charge in [0.1, 0.15) is 0 Å². The molecule has 0 atom stereocenters. The second-order valence-electron chi connectivity index (χ2n) is 30.4. The van der Waals surface area contributed by atoms with Crippen molar-refractivity contribution >= 4 is 110 Å². The maximum absolute atomic E-state index is 2.68. The molecule has 4 nitrogen and oxygen atoms in total. The van der Waals surface area contributed by atoms with E-state index in [4.69, 9.17) is 0 Å². The van der Waals surface area contributed by atoms with Gasteiger partial charge in [0.15, 0.2) is 0 Å². The van der Waals surface area contributed by atoms with Crippen LogP contribution in [0.3, 0.4) is 0 Å². The fourth-order valence-corrected chi connectivity index (χ4v) is 17.9. The number of aromatic nitrogens is 2. The summed E-state index contributed by atoms with van der Waals surface area (Å²) in [6.07, 6.45) is 0. The molecule has 0 aliphatic heterocycles. The molecular weight excluding hydrogens is 1160 g/mol. The van der Waals surface area contributed by atoms with Crippen LogP contribution in [0.5, 0.6) is 0 Å². The predicted octanol–water partition coefficient (Wildman–Crippen LogP) is 25.5. The molecule has 2 aliphatic carbocycles. The number of benzene rings is 13. The molecule has 17 aromatic rings. The second kappa shape index (κ2) is 19.8. The molecule has 4 aromatic heterocycles. The summed E-state index contributed by atoms with van der Waals surface area (Å²) < 4.78 is 5.37. The average Bonchev–Trinajstić information content (AvgIpc) is 1.51. The van der Waals surface area contributed by atoms with Crippen molar-refractivity contribution in [3.63, 3.8) is 0 Å². The van der Waals surface area contributed by atoms with Gasteiger partial charge in [0.25, 0.3) is 0 Å². The summed E-state index contributed by atoms with van der Waals surface area (Å²) in [5.74, 6) is 0. The minimum absolute atomic E-state index is 0.188. The predicted molar refractivity (Wildman–Crippen MR) is 409 cm³/mol. The molecule has 0 amide bonds. The Morgan fingerprint density at radius 2 is 0.615 bits per heavy atom. The molecule has 0 N–H and O–H groups in total. The van der Waals surface area contributed by atoms with Gasteiger partial charge in [0.2, 0.25) is 0 Å². The number of anilines is 6. The third-order valence-corrected chi connectivity index (χ3v) is 22.2. The molecule has 4 heterocycles. The van der Waals surface area contributed by atoms with Crippen LogP contribution in [0.15, 0.2) is 267 Å². The molecule has 462 valence electrons. The Kier molecular flexibility index (Phi) is 11.7. The fourth-order valence-electron chi connectivity index (χ4n) is 17.9. The van der Waals surface area contributed by atoms with Gasteiger partial charge in [-0.05, 0) is 115 Å². The lowest BCUT2D eigenvalue weighted by atomic mass is 9.82. The van der Waals surface area contributed by atoms with E-state index in [1.165, 1.54) is 165 Å². The van der Waals surface area contributed by atoms with Gasteiger partial charge in [-0.1, -0.05) is 288 Å². The lowest BCUT2D eigenvalue weighted by Crippen LogP contribution is -2.16. The molecule has 96 heavy (non-hydrogen) atoms. The van der Waals surface area contributed by atoms with Crippen LogP contribution in [0.2, 0.25) is 0 Å². The topological polar surface area (TPSA) is 15.3 Å². The number of para-hydroxylation sites is 4. The van der Waals surface area contributed by atoms with Crippen molar-refractivity contribution in [3.05, 3.63) is 300 Å². The summed E-state index contributed by atoms with van der Waals surface area (Å²) in [6, 6.07) is 102. The summed E-state index contributed by atoms with van der Waals surface area (Å²) in [4.78, 5) is 5.26. The first-order chi connectivity index (χ1) is 46.5. The fraction of sp³-hybridized carbons (Fsp3) is 0.152. The summed E-state index contributed by atoms with van der Waals surface area (Å²) >= 11 is 0. The number of hydrogen-bond acceptors (Lipinski definition) is 2. The highest BCUT2D eigenvalue weighted by atomic mass is 15.2. The number of nitrogens with zero attached hydrogens (tertiary/aromatic N) is 4. The van der Waals surface area contributed by atoms with Crippen LogP contribution in [-0.2, 0) is 21.7 Å². The van der Waals surface area contributed by atoms with Crippen LogP contribution >= 0.6 is 0 Å². The Morgan fingerprint density at radius 3 is 1.02 bits per heavy atom. The van der Waals surface area contributed by atoms with E-state index in [-0.39, 0.29) is 21.7 Å². The zero-order chi connectivity index (χ0) is 65.1. The molecule has 19 rings (SSSR count). The SMILES string of the molecule is CC(C)(C)c1cccc2c3c(N(c4ccccc4-c4ccccc4)c4cccc5c4-c4ccccc4C5(C)C)ccc4c5cc6c(cc5n(c12)c43)c1ccc(N(c2ccccc2-c2ccccc2)c2cccc3c2-c2ccccc2C3(C)C)c2c3cccc(C(C)(C)C)c3n6c12. The molecule has 4 heteroatoms. The van der Waals surface area contributed by atoms with Gasteiger partial charge in [-0.25, -0.2) is 0 Å². The zero-order valence-corrected chi connectivity index (χ0v) is 56.2. The van der Waals surface area contributed by atoms with Gasteiger partial charge in [-0.3, -0.25) is 0 Å². The van der Waals surface area contributed by atoms with E-state index in [1.54, 1.807) is 0 Å². The van der Waals surface area contributed by atoms with E-state index in [2.05, 4.69) is 355 Å². The van der Waals surface area contributed by atoms with Crippen molar-refractivity contribution in [2.75, 3.05) is 9.80 Å². The smallest absolute Gasteiger partial charge is 0.0641 e. The lowest BCUT2D eigenvalue weighted by molar-refractivity contribution is 0.594. The van der Waals surface area contributed by atoms with E-state index in [1.807, 2.05) is 0 Å². The normalized spacial score (nSPS) is 14.1. The van der Waals surface area contributed by atoms with E-state index >= 15 is 0 Å². The third-order valence-electron chi connectivity index (χ3n) is 22.2. The molecule has 0 bridgehead atoms. The van der Waals surface area contributed by atoms with Crippen LogP contribution in [0.4, 0.5) is 34.1 Å². The molecule has 2 aliphatic rings. The first-order valence-electron chi connectivity index (χ1n) is 34.3. The monoisotopic (exact) mass is 1230 g/mol. The van der Waals surface area contributed by atoms with Crippen LogP contribution in [0.25, 0.3) is 121 Å². The van der Waals surface area contributed by atoms with Gasteiger partial charge in [0.05, 0.1) is 67.2 Å². The minimum Gasteiger partial charge on any atom is -0.309 e. The largest absolute Gasteiger partial charge is 0.309 e. The summed E-state index contributed by atoms with van der Waals surface area (Å²) in [5, 5.41) is 9.98. The molecule has 0 fully saturated rings. The summed E-state index contributed by atoms with van der Waals surface area (Å²) in [7, 11) is 0.